The van der Waals surface area contributed by atoms with Gasteiger partial charge >= 0.3 is 6.09 Å². The van der Waals surface area contributed by atoms with Gasteiger partial charge in [-0.3, -0.25) is 0 Å². The Hall–Kier alpha value is -2.58. The average Bonchev–Trinajstić information content (AvgIpc) is 2.54. The predicted octanol–water partition coefficient (Wildman–Crippen LogP) is 3.47. The number of carbonyl (C=O) groups is 1. The second kappa shape index (κ2) is 7.33. The first-order valence-corrected chi connectivity index (χ1v) is 7.74. The van der Waals surface area contributed by atoms with Gasteiger partial charge in [0.25, 0.3) is 0 Å². The van der Waals surface area contributed by atoms with Gasteiger partial charge in [-0.05, 0) is 35.1 Å². The molecule has 0 spiro atoms. The second-order valence-corrected chi connectivity index (χ2v) is 5.91. The summed E-state index contributed by atoms with van der Waals surface area (Å²) < 4.78 is 19.4. The van der Waals surface area contributed by atoms with E-state index in [0.29, 0.717) is 24.2 Å². The highest BCUT2D eigenvalue weighted by Gasteiger charge is 2.17. The molecule has 126 valence electrons. The fourth-order valence-electron chi connectivity index (χ4n) is 2.56. The summed E-state index contributed by atoms with van der Waals surface area (Å²) in [6, 6.07) is 6.39. The largest absolute Gasteiger partial charge is 0.415 e. The third kappa shape index (κ3) is 3.50. The molecule has 0 bridgehead atoms. The van der Waals surface area contributed by atoms with Gasteiger partial charge in [-0.15, -0.1) is 6.42 Å². The van der Waals surface area contributed by atoms with E-state index in [9.17, 15) is 9.18 Å². The lowest BCUT2D eigenvalue weighted by molar-refractivity contribution is 0.164. The quantitative estimate of drug-likeness (QED) is 0.874. The van der Waals surface area contributed by atoms with Gasteiger partial charge < -0.3 is 15.4 Å². The maximum atomic E-state index is 14.0. The summed E-state index contributed by atoms with van der Waals surface area (Å²) in [7, 11) is 1.62. The van der Waals surface area contributed by atoms with Gasteiger partial charge in [-0.25, -0.2) is 9.18 Å². The van der Waals surface area contributed by atoms with E-state index in [1.165, 1.54) is 11.0 Å². The summed E-state index contributed by atoms with van der Waals surface area (Å²) >= 11 is 0. The Morgan fingerprint density at radius 3 is 2.71 bits per heavy atom. The zero-order valence-corrected chi connectivity index (χ0v) is 14.1. The SMILES string of the molecule is C#Cc1c(F)ccc2cc(OC(=O)N(C)CCN)cc(C(C)C)c12. The molecule has 2 aromatic rings. The van der Waals surface area contributed by atoms with Crippen molar-refractivity contribution < 1.29 is 13.9 Å². The molecule has 4 nitrogen and oxygen atoms in total. The Morgan fingerprint density at radius 1 is 1.42 bits per heavy atom. The first-order chi connectivity index (χ1) is 11.4. The molecule has 24 heavy (non-hydrogen) atoms. The molecule has 2 aromatic carbocycles. The van der Waals surface area contributed by atoms with Gasteiger partial charge in [0.15, 0.2) is 0 Å². The Morgan fingerprint density at radius 2 is 2.12 bits per heavy atom. The van der Waals surface area contributed by atoms with Gasteiger partial charge in [-0.1, -0.05) is 25.8 Å². The average molecular weight is 328 g/mol. The number of terminal acetylenes is 1. The van der Waals surface area contributed by atoms with Gasteiger partial charge in [0, 0.05) is 25.5 Å². The van der Waals surface area contributed by atoms with Crippen LogP contribution in [-0.2, 0) is 0 Å². The summed E-state index contributed by atoms with van der Waals surface area (Å²) in [5.41, 5.74) is 6.51. The van der Waals surface area contributed by atoms with E-state index in [2.05, 4.69) is 5.92 Å². The highest BCUT2D eigenvalue weighted by molar-refractivity contribution is 5.93. The molecule has 0 aliphatic carbocycles. The summed E-state index contributed by atoms with van der Waals surface area (Å²) in [5.74, 6) is 2.48. The zero-order valence-electron chi connectivity index (χ0n) is 14.1. The van der Waals surface area contributed by atoms with Crippen molar-refractivity contribution in [1.82, 2.24) is 4.90 Å². The molecule has 5 heteroatoms. The van der Waals surface area contributed by atoms with Crippen molar-refractivity contribution in [2.75, 3.05) is 20.1 Å². The summed E-state index contributed by atoms with van der Waals surface area (Å²) in [6.07, 6.45) is 4.99. The Bertz CT molecular complexity index is 809. The van der Waals surface area contributed by atoms with E-state index in [0.717, 1.165) is 10.9 Å². The van der Waals surface area contributed by atoms with Crippen LogP contribution in [0.1, 0.15) is 30.9 Å². The number of nitrogens with two attached hydrogens (primary N) is 1. The highest BCUT2D eigenvalue weighted by Crippen LogP contribution is 2.33. The summed E-state index contributed by atoms with van der Waals surface area (Å²) in [5, 5.41) is 1.42. The molecule has 2 rings (SSSR count). The summed E-state index contributed by atoms with van der Waals surface area (Å²) in [6.45, 7) is 4.71. The van der Waals surface area contributed by atoms with Crippen molar-refractivity contribution >= 4 is 16.9 Å². The molecule has 0 aromatic heterocycles. The number of amides is 1. The minimum atomic E-state index is -0.492. The number of halogens is 1. The third-order valence-electron chi connectivity index (χ3n) is 3.82. The molecule has 0 aliphatic rings. The number of ether oxygens (including phenoxy) is 1. The van der Waals surface area contributed by atoms with E-state index < -0.39 is 11.9 Å². The molecule has 0 radical (unpaired) electrons. The van der Waals surface area contributed by atoms with Crippen LogP contribution in [0.25, 0.3) is 10.8 Å². The number of rotatable bonds is 4. The standard InChI is InChI=1S/C19H21FN2O2/c1-5-15-17(20)7-6-13-10-14(11-16(12(2)3)18(13)15)24-19(23)22(4)9-8-21/h1,6-7,10-12H,8-9,21H2,2-4H3. The minimum Gasteiger partial charge on any atom is -0.410 e. The van der Waals surface area contributed by atoms with Crippen LogP contribution in [0.3, 0.4) is 0 Å². The molecule has 0 aliphatic heterocycles. The number of hydrogen-bond acceptors (Lipinski definition) is 3. The van der Waals surface area contributed by atoms with Crippen LogP contribution in [0.4, 0.5) is 9.18 Å². The van der Waals surface area contributed by atoms with Crippen LogP contribution in [0.15, 0.2) is 24.3 Å². The Labute approximate surface area is 141 Å². The highest BCUT2D eigenvalue weighted by atomic mass is 19.1. The van der Waals surface area contributed by atoms with Crippen LogP contribution in [0, 0.1) is 18.2 Å². The number of nitrogens with zero attached hydrogens (tertiary/aromatic N) is 1. The fraction of sp³-hybridized carbons (Fsp3) is 0.316. The topological polar surface area (TPSA) is 55.6 Å². The molecule has 1 amide bonds. The van der Waals surface area contributed by atoms with Crippen LogP contribution >= 0.6 is 0 Å². The van der Waals surface area contributed by atoms with Crippen molar-refractivity contribution in [1.29, 1.82) is 0 Å². The number of fused-ring (bicyclic) bond motifs is 1. The second-order valence-electron chi connectivity index (χ2n) is 5.91. The van der Waals surface area contributed by atoms with Crippen LogP contribution in [0.2, 0.25) is 0 Å². The van der Waals surface area contributed by atoms with Crippen molar-refractivity contribution in [3.63, 3.8) is 0 Å². The van der Waals surface area contributed by atoms with Gasteiger partial charge in [-0.2, -0.15) is 0 Å². The van der Waals surface area contributed by atoms with Crippen molar-refractivity contribution in [3.8, 4) is 18.1 Å². The summed E-state index contributed by atoms with van der Waals surface area (Å²) in [4.78, 5) is 13.5. The molecule has 0 heterocycles. The lowest BCUT2D eigenvalue weighted by atomic mass is 9.92. The molecule has 0 atom stereocenters. The monoisotopic (exact) mass is 328 g/mol. The predicted molar refractivity (Wildman–Crippen MR) is 93.6 cm³/mol. The zero-order chi connectivity index (χ0) is 17.9. The molecule has 0 fully saturated rings. The Kier molecular flexibility index (Phi) is 5.42. The molecular weight excluding hydrogens is 307 g/mol. The lowest BCUT2D eigenvalue weighted by Crippen LogP contribution is -2.33. The fourth-order valence-corrected chi connectivity index (χ4v) is 2.56. The third-order valence-corrected chi connectivity index (χ3v) is 3.82. The molecule has 0 unspecified atom stereocenters. The lowest BCUT2D eigenvalue weighted by Gasteiger charge is -2.18. The van der Waals surface area contributed by atoms with Crippen molar-refractivity contribution in [2.24, 2.45) is 5.73 Å². The first kappa shape index (κ1) is 17.8. The maximum absolute atomic E-state index is 14.0. The normalized spacial score (nSPS) is 10.7. The molecule has 0 saturated carbocycles. The Balaban J connectivity index is 2.54. The van der Waals surface area contributed by atoms with Gasteiger partial charge in [0.05, 0.1) is 5.56 Å². The number of carbonyl (C=O) groups excluding carboxylic acids is 1. The maximum Gasteiger partial charge on any atom is 0.415 e. The van der Waals surface area contributed by atoms with Crippen LogP contribution in [-0.4, -0.2) is 31.1 Å². The van der Waals surface area contributed by atoms with E-state index in [1.807, 2.05) is 13.8 Å². The smallest absolute Gasteiger partial charge is 0.410 e. The van der Waals surface area contributed by atoms with Crippen LogP contribution in [0.5, 0.6) is 5.75 Å². The van der Waals surface area contributed by atoms with E-state index in [-0.39, 0.29) is 11.5 Å². The number of benzene rings is 2. The van der Waals surface area contributed by atoms with Crippen molar-refractivity contribution in [3.05, 3.63) is 41.2 Å². The molecule has 2 N–H and O–H groups in total. The van der Waals surface area contributed by atoms with E-state index in [4.69, 9.17) is 16.9 Å². The first-order valence-electron chi connectivity index (χ1n) is 7.74. The number of likely N-dealkylation sites (N-methyl/N-ethyl adjacent to an activating group) is 1. The van der Waals surface area contributed by atoms with Gasteiger partial charge in [0.1, 0.15) is 11.6 Å². The van der Waals surface area contributed by atoms with Crippen molar-refractivity contribution in [2.45, 2.75) is 19.8 Å². The molecular formula is C19H21FN2O2. The molecule has 0 saturated heterocycles. The van der Waals surface area contributed by atoms with E-state index >= 15 is 0 Å². The van der Waals surface area contributed by atoms with Crippen LogP contribution < -0.4 is 10.5 Å². The minimum absolute atomic E-state index is 0.0850. The number of hydrogen-bond donors (Lipinski definition) is 1. The van der Waals surface area contributed by atoms with Gasteiger partial charge in [0.2, 0.25) is 0 Å². The van der Waals surface area contributed by atoms with E-state index in [1.54, 1.807) is 25.2 Å².